The Morgan fingerprint density at radius 2 is 1.88 bits per heavy atom. The molecule has 2 amide bonds. The maximum atomic E-state index is 12.4. The quantitative estimate of drug-likeness (QED) is 0.615. The highest BCUT2D eigenvalue weighted by Crippen LogP contribution is 2.42. The molecule has 0 atom stereocenters. The van der Waals surface area contributed by atoms with Crippen molar-refractivity contribution in [2.24, 2.45) is 5.73 Å². The first-order chi connectivity index (χ1) is 15.0. The van der Waals surface area contributed by atoms with Crippen LogP contribution in [0.3, 0.4) is 0 Å². The molecule has 4 N–H and O–H groups in total. The van der Waals surface area contributed by atoms with Crippen molar-refractivity contribution in [1.29, 1.82) is 0 Å². The van der Waals surface area contributed by atoms with Crippen molar-refractivity contribution in [3.05, 3.63) is 29.0 Å². The molecule has 4 heterocycles. The monoisotopic (exact) mass is 457 g/mol. The lowest BCUT2D eigenvalue weighted by Gasteiger charge is -2.36. The van der Waals surface area contributed by atoms with Gasteiger partial charge in [-0.2, -0.15) is 0 Å². The number of thiophene rings is 1. The Bertz CT molecular complexity index is 1190. The number of fused-ring (bicyclic) bond motifs is 1. The van der Waals surface area contributed by atoms with E-state index in [0.717, 1.165) is 22.7 Å². The molecule has 0 spiro atoms. The number of pyridine rings is 1. The highest BCUT2D eigenvalue weighted by molar-refractivity contribution is 7.21. The van der Waals surface area contributed by atoms with Crippen molar-refractivity contribution >= 4 is 45.1 Å². The summed E-state index contributed by atoms with van der Waals surface area (Å²) < 4.78 is 11.0. The number of nitrogens with zero attached hydrogens (tertiary/aromatic N) is 3. The molecule has 10 heteroatoms. The number of primary amides is 1. The van der Waals surface area contributed by atoms with Gasteiger partial charge in [-0.15, -0.1) is 11.3 Å². The number of aromatic nitrogens is 1. The predicted octanol–water partition coefficient (Wildman–Crippen LogP) is 3.60. The number of nitrogens with two attached hydrogens (primary N) is 2. The van der Waals surface area contributed by atoms with Crippen LogP contribution in [0.25, 0.3) is 21.3 Å². The Morgan fingerprint density at radius 3 is 2.44 bits per heavy atom. The lowest BCUT2D eigenvalue weighted by molar-refractivity contribution is 0.0240. The number of aryl methyl sites for hydroxylation is 1. The van der Waals surface area contributed by atoms with E-state index in [1.807, 2.05) is 39.8 Å². The molecule has 0 bridgehead atoms. The summed E-state index contributed by atoms with van der Waals surface area (Å²) in [6.07, 6.45) is 1.31. The maximum absolute atomic E-state index is 12.4. The number of nitrogen functional groups attached to an aromatic ring is 1. The Labute approximate surface area is 189 Å². The van der Waals surface area contributed by atoms with Gasteiger partial charge in [0.25, 0.3) is 5.91 Å². The smallest absolute Gasteiger partial charge is 0.410 e. The molecule has 1 fully saturated rings. The maximum Gasteiger partial charge on any atom is 0.410 e. The number of carbonyl (C=O) groups excluding carboxylic acids is 2. The average molecular weight is 458 g/mol. The Hall–Kier alpha value is -3.27. The summed E-state index contributed by atoms with van der Waals surface area (Å²) >= 11 is 1.19. The Kier molecular flexibility index (Phi) is 5.49. The zero-order valence-corrected chi connectivity index (χ0v) is 19.4. The summed E-state index contributed by atoms with van der Waals surface area (Å²) in [5, 5.41) is 0.699. The second-order valence-electron chi connectivity index (χ2n) is 8.76. The summed E-state index contributed by atoms with van der Waals surface area (Å²) in [5.74, 6) is 0.909. The molecule has 0 unspecified atom stereocenters. The van der Waals surface area contributed by atoms with Gasteiger partial charge in [-0.05, 0) is 39.8 Å². The molecule has 1 aliphatic rings. The minimum atomic E-state index is -0.576. The molecule has 1 aliphatic heterocycles. The van der Waals surface area contributed by atoms with E-state index in [0.29, 0.717) is 47.0 Å². The minimum Gasteiger partial charge on any atom is -0.469 e. The molecule has 1 saturated heterocycles. The van der Waals surface area contributed by atoms with Crippen LogP contribution >= 0.6 is 11.3 Å². The lowest BCUT2D eigenvalue weighted by Crippen LogP contribution is -2.50. The van der Waals surface area contributed by atoms with Gasteiger partial charge in [0, 0.05) is 42.7 Å². The second-order valence-corrected chi connectivity index (χ2v) is 9.76. The number of hydrogen-bond donors (Lipinski definition) is 2. The van der Waals surface area contributed by atoms with E-state index in [2.05, 4.69) is 4.90 Å². The summed E-state index contributed by atoms with van der Waals surface area (Å²) in [6.45, 7) is 9.68. The number of furan rings is 1. The molecular weight excluding hydrogens is 430 g/mol. The van der Waals surface area contributed by atoms with E-state index in [1.54, 1.807) is 11.2 Å². The first-order valence-corrected chi connectivity index (χ1v) is 11.2. The SMILES string of the molecule is Cc1occc1-c1cc(N2CCN(C(=O)OC(C)(C)C)CC2)nc2sc(C(N)=O)c(N)c12. The van der Waals surface area contributed by atoms with Crippen molar-refractivity contribution in [3.63, 3.8) is 0 Å². The number of ether oxygens (including phenoxy) is 1. The van der Waals surface area contributed by atoms with Gasteiger partial charge in [0.05, 0.1) is 12.0 Å². The van der Waals surface area contributed by atoms with E-state index in [4.69, 9.17) is 25.6 Å². The Balaban J connectivity index is 1.68. The highest BCUT2D eigenvalue weighted by atomic mass is 32.1. The largest absolute Gasteiger partial charge is 0.469 e. The molecule has 4 rings (SSSR count). The van der Waals surface area contributed by atoms with Gasteiger partial charge < -0.3 is 30.4 Å². The fraction of sp³-hybridized carbons (Fsp3) is 0.409. The van der Waals surface area contributed by atoms with Crippen LogP contribution in [-0.4, -0.2) is 53.7 Å². The average Bonchev–Trinajstić information content (AvgIpc) is 3.29. The van der Waals surface area contributed by atoms with Crippen molar-refractivity contribution in [2.75, 3.05) is 36.8 Å². The van der Waals surface area contributed by atoms with Crippen LogP contribution in [0, 0.1) is 6.92 Å². The van der Waals surface area contributed by atoms with Crippen molar-refractivity contribution in [2.45, 2.75) is 33.3 Å². The minimum absolute atomic E-state index is 0.293. The van der Waals surface area contributed by atoms with Crippen LogP contribution in [-0.2, 0) is 4.74 Å². The first kappa shape index (κ1) is 21.9. The molecule has 0 saturated carbocycles. The molecule has 0 radical (unpaired) electrons. The molecule has 32 heavy (non-hydrogen) atoms. The predicted molar refractivity (Wildman–Crippen MR) is 125 cm³/mol. The van der Waals surface area contributed by atoms with E-state index in [9.17, 15) is 9.59 Å². The summed E-state index contributed by atoms with van der Waals surface area (Å²) in [6, 6.07) is 3.83. The third-order valence-electron chi connectivity index (χ3n) is 5.31. The molecular formula is C22H27N5O4S. The van der Waals surface area contributed by atoms with Crippen molar-refractivity contribution < 1.29 is 18.7 Å². The van der Waals surface area contributed by atoms with E-state index < -0.39 is 11.5 Å². The lowest BCUT2D eigenvalue weighted by atomic mass is 10.0. The van der Waals surface area contributed by atoms with Crippen molar-refractivity contribution in [1.82, 2.24) is 9.88 Å². The van der Waals surface area contributed by atoms with Gasteiger partial charge in [0.1, 0.15) is 26.9 Å². The van der Waals surface area contributed by atoms with Gasteiger partial charge >= 0.3 is 6.09 Å². The van der Waals surface area contributed by atoms with E-state index in [1.165, 1.54) is 11.3 Å². The summed E-state index contributed by atoms with van der Waals surface area (Å²) in [7, 11) is 0. The third-order valence-corrected chi connectivity index (χ3v) is 6.43. The fourth-order valence-corrected chi connectivity index (χ4v) is 4.74. The molecule has 3 aromatic heterocycles. The van der Waals surface area contributed by atoms with Gasteiger partial charge in [0.2, 0.25) is 0 Å². The fourth-order valence-electron chi connectivity index (χ4n) is 3.77. The van der Waals surface area contributed by atoms with Crippen molar-refractivity contribution in [3.8, 4) is 11.1 Å². The zero-order chi connectivity index (χ0) is 23.2. The Morgan fingerprint density at radius 1 is 1.19 bits per heavy atom. The van der Waals surface area contributed by atoms with Crippen LogP contribution < -0.4 is 16.4 Å². The van der Waals surface area contributed by atoms with Gasteiger partial charge in [-0.25, -0.2) is 9.78 Å². The second kappa shape index (κ2) is 8.01. The zero-order valence-electron chi connectivity index (χ0n) is 18.6. The number of hydrogen-bond acceptors (Lipinski definition) is 8. The third kappa shape index (κ3) is 4.10. The first-order valence-electron chi connectivity index (χ1n) is 10.4. The normalized spacial score (nSPS) is 14.8. The number of anilines is 2. The van der Waals surface area contributed by atoms with Crippen LogP contribution in [0.5, 0.6) is 0 Å². The van der Waals surface area contributed by atoms with Gasteiger partial charge in [-0.1, -0.05) is 0 Å². The summed E-state index contributed by atoms with van der Waals surface area (Å²) in [4.78, 5) is 33.8. The molecule has 0 aromatic carbocycles. The molecule has 0 aliphatic carbocycles. The van der Waals surface area contributed by atoms with Crippen LogP contribution in [0.4, 0.5) is 16.3 Å². The van der Waals surface area contributed by atoms with E-state index >= 15 is 0 Å². The molecule has 3 aromatic rings. The highest BCUT2D eigenvalue weighted by Gasteiger charge is 2.28. The van der Waals surface area contributed by atoms with Crippen LogP contribution in [0.1, 0.15) is 36.2 Å². The number of carbonyl (C=O) groups is 2. The number of amides is 2. The molecule has 170 valence electrons. The summed E-state index contributed by atoms with van der Waals surface area (Å²) in [5.41, 5.74) is 13.3. The van der Waals surface area contributed by atoms with Crippen LogP contribution in [0.2, 0.25) is 0 Å². The molecule has 9 nitrogen and oxygen atoms in total. The number of rotatable bonds is 3. The van der Waals surface area contributed by atoms with Crippen LogP contribution in [0.15, 0.2) is 22.8 Å². The topological polar surface area (TPSA) is 128 Å². The van der Waals surface area contributed by atoms with Gasteiger partial charge in [0.15, 0.2) is 0 Å². The number of piperazine rings is 1. The standard InChI is InChI=1S/C22H27N5O4S/c1-12-13(5-10-30-12)14-11-15(25-20-16(14)17(23)18(32-20)19(24)28)26-6-8-27(9-7-26)21(29)31-22(2,3)4/h5,10-11H,6-9,23H2,1-4H3,(H2,24,28). The van der Waals surface area contributed by atoms with E-state index in [-0.39, 0.29) is 6.09 Å². The van der Waals surface area contributed by atoms with Gasteiger partial charge in [-0.3, -0.25) is 4.79 Å².